The van der Waals surface area contributed by atoms with E-state index in [0.717, 1.165) is 0 Å². The lowest BCUT2D eigenvalue weighted by atomic mass is 10.6. The van der Waals surface area contributed by atoms with Crippen molar-refractivity contribution in [2.24, 2.45) is 0 Å². The summed E-state index contributed by atoms with van der Waals surface area (Å²) in [5.41, 5.74) is 0. The third-order valence-electron chi connectivity index (χ3n) is 1.59. The van der Waals surface area contributed by atoms with Crippen LogP contribution in [0.4, 0.5) is 11.9 Å². The molecule has 0 fully saturated rings. The topological polar surface area (TPSA) is 71.0 Å². The summed E-state index contributed by atoms with van der Waals surface area (Å²) in [6.07, 6.45) is 0. The molecule has 14 heavy (non-hydrogen) atoms. The van der Waals surface area contributed by atoms with Crippen LogP contribution in [-0.4, -0.2) is 35.0 Å². The molecule has 0 aromatic carbocycles. The Balaban J connectivity index is 3.08. The maximum atomic E-state index is 11.0. The summed E-state index contributed by atoms with van der Waals surface area (Å²) in [6.45, 7) is 1.41. The molecule has 0 spiro atoms. The minimum atomic E-state index is -0.172. The van der Waals surface area contributed by atoms with Gasteiger partial charge in [-0.25, -0.2) is 0 Å². The fraction of sp³-hybridized carbons (Fsp3) is 0.429. The number of halogens is 1. The maximum absolute atomic E-state index is 11.0. The Labute approximate surface area is 86.3 Å². The zero-order chi connectivity index (χ0) is 10.7. The fourth-order valence-electron chi connectivity index (χ4n) is 0.742. The molecular weight excluding hydrogens is 206 g/mol. The van der Waals surface area contributed by atoms with Crippen LogP contribution in [0.25, 0.3) is 0 Å². The molecule has 1 aromatic heterocycles. The van der Waals surface area contributed by atoms with E-state index in [0.29, 0.717) is 5.95 Å². The maximum Gasteiger partial charge on any atom is 0.237 e. The first-order valence-corrected chi connectivity index (χ1v) is 4.26. The van der Waals surface area contributed by atoms with E-state index in [4.69, 9.17) is 11.6 Å². The van der Waals surface area contributed by atoms with Crippen LogP contribution >= 0.6 is 11.6 Å². The Bertz CT molecular complexity index is 356. The van der Waals surface area contributed by atoms with Gasteiger partial charge in [0, 0.05) is 21.0 Å². The normalized spacial score (nSPS) is 9.71. The smallest absolute Gasteiger partial charge is 0.237 e. The summed E-state index contributed by atoms with van der Waals surface area (Å²) >= 11 is 5.64. The molecule has 0 radical (unpaired) electrons. The number of hydrogen-bond donors (Lipinski definition) is 1. The minimum absolute atomic E-state index is 0.0486. The molecule has 0 bridgehead atoms. The third-order valence-corrected chi connectivity index (χ3v) is 1.76. The zero-order valence-corrected chi connectivity index (χ0v) is 8.83. The summed E-state index contributed by atoms with van der Waals surface area (Å²) in [5.74, 6) is 0.379. The molecule has 0 atom stereocenters. The van der Waals surface area contributed by atoms with E-state index in [1.807, 2.05) is 0 Å². The highest BCUT2D eigenvalue weighted by Crippen LogP contribution is 2.11. The van der Waals surface area contributed by atoms with E-state index < -0.39 is 0 Å². The number of amides is 1. The van der Waals surface area contributed by atoms with Crippen molar-refractivity contribution in [2.75, 3.05) is 24.3 Å². The van der Waals surface area contributed by atoms with Crippen molar-refractivity contribution < 1.29 is 4.79 Å². The number of hydrogen-bond acceptors (Lipinski definition) is 5. The molecule has 1 amide bonds. The second-order valence-electron chi connectivity index (χ2n) is 2.56. The molecule has 1 aromatic rings. The monoisotopic (exact) mass is 215 g/mol. The van der Waals surface area contributed by atoms with Crippen molar-refractivity contribution in [3.63, 3.8) is 0 Å². The number of carbonyl (C=O) groups is 1. The molecule has 76 valence electrons. The number of anilines is 2. The van der Waals surface area contributed by atoms with Gasteiger partial charge in [0.1, 0.15) is 0 Å². The molecule has 0 aliphatic carbocycles. The highest BCUT2D eigenvalue weighted by molar-refractivity contribution is 6.28. The van der Waals surface area contributed by atoms with Gasteiger partial charge in [-0.3, -0.25) is 9.69 Å². The third kappa shape index (κ3) is 2.29. The lowest BCUT2D eigenvalue weighted by molar-refractivity contribution is -0.116. The van der Waals surface area contributed by atoms with Crippen LogP contribution in [-0.2, 0) is 4.79 Å². The van der Waals surface area contributed by atoms with E-state index in [-0.39, 0.29) is 17.1 Å². The number of aromatic nitrogens is 3. The SMILES string of the molecule is CNc1nc(Cl)nc(N(C)C(C)=O)n1. The lowest BCUT2D eigenvalue weighted by Crippen LogP contribution is -2.25. The Hall–Kier alpha value is -1.43. The van der Waals surface area contributed by atoms with Gasteiger partial charge in [-0.15, -0.1) is 0 Å². The molecule has 0 aliphatic rings. The van der Waals surface area contributed by atoms with Crippen LogP contribution in [0.3, 0.4) is 0 Å². The average molecular weight is 216 g/mol. The first-order valence-electron chi connectivity index (χ1n) is 3.88. The van der Waals surface area contributed by atoms with E-state index in [9.17, 15) is 4.79 Å². The Kier molecular flexibility index (Phi) is 3.19. The van der Waals surface area contributed by atoms with Crippen molar-refractivity contribution in [3.8, 4) is 0 Å². The summed E-state index contributed by atoms with van der Waals surface area (Å²) in [7, 11) is 3.22. The van der Waals surface area contributed by atoms with Crippen LogP contribution < -0.4 is 10.2 Å². The minimum Gasteiger partial charge on any atom is -0.357 e. The van der Waals surface area contributed by atoms with Crippen LogP contribution in [0, 0.1) is 0 Å². The van der Waals surface area contributed by atoms with Crippen LogP contribution in [0.1, 0.15) is 6.92 Å². The fourth-order valence-corrected chi connectivity index (χ4v) is 0.898. The van der Waals surface area contributed by atoms with E-state index in [1.54, 1.807) is 14.1 Å². The van der Waals surface area contributed by atoms with E-state index in [1.165, 1.54) is 11.8 Å². The predicted octanol–water partition coefficient (Wildman–Crippen LogP) is 0.549. The largest absolute Gasteiger partial charge is 0.357 e. The average Bonchev–Trinajstić information content (AvgIpc) is 2.15. The van der Waals surface area contributed by atoms with Crippen molar-refractivity contribution in [3.05, 3.63) is 5.28 Å². The van der Waals surface area contributed by atoms with Crippen molar-refractivity contribution in [1.82, 2.24) is 15.0 Å². The molecule has 0 aliphatic heterocycles. The van der Waals surface area contributed by atoms with Gasteiger partial charge in [0.05, 0.1) is 0 Å². The summed E-state index contributed by atoms with van der Waals surface area (Å²) in [6, 6.07) is 0. The van der Waals surface area contributed by atoms with Gasteiger partial charge in [-0.05, 0) is 11.6 Å². The second-order valence-corrected chi connectivity index (χ2v) is 2.89. The van der Waals surface area contributed by atoms with Gasteiger partial charge in [0.15, 0.2) is 0 Å². The Morgan fingerprint density at radius 3 is 2.57 bits per heavy atom. The van der Waals surface area contributed by atoms with Crippen LogP contribution in [0.15, 0.2) is 0 Å². The van der Waals surface area contributed by atoms with Gasteiger partial charge in [-0.2, -0.15) is 15.0 Å². The standard InChI is InChI=1S/C7H10ClN5O/c1-4(14)13(3)7-11-5(8)10-6(9-2)12-7/h1-3H3,(H,9,10,11,12). The highest BCUT2D eigenvalue weighted by atomic mass is 35.5. The number of nitrogens with zero attached hydrogens (tertiary/aromatic N) is 4. The van der Waals surface area contributed by atoms with Crippen LogP contribution in [0.2, 0.25) is 5.28 Å². The number of rotatable bonds is 2. The summed E-state index contributed by atoms with van der Waals surface area (Å²) < 4.78 is 0. The number of carbonyl (C=O) groups excluding carboxylic acids is 1. The molecule has 1 N–H and O–H groups in total. The molecule has 0 unspecified atom stereocenters. The summed E-state index contributed by atoms with van der Waals surface area (Å²) in [5, 5.41) is 2.77. The second kappa shape index (κ2) is 4.19. The molecule has 6 nitrogen and oxygen atoms in total. The van der Waals surface area contributed by atoms with E-state index in [2.05, 4.69) is 20.3 Å². The molecular formula is C7H10ClN5O. The van der Waals surface area contributed by atoms with Gasteiger partial charge < -0.3 is 5.32 Å². The number of nitrogens with one attached hydrogen (secondary N) is 1. The molecule has 1 heterocycles. The van der Waals surface area contributed by atoms with Gasteiger partial charge >= 0.3 is 0 Å². The first kappa shape index (κ1) is 10.6. The molecule has 1 rings (SSSR count). The molecule has 0 saturated carbocycles. The summed E-state index contributed by atoms with van der Waals surface area (Å²) in [4.78, 5) is 23.9. The predicted molar refractivity (Wildman–Crippen MR) is 53.5 cm³/mol. The zero-order valence-electron chi connectivity index (χ0n) is 8.08. The van der Waals surface area contributed by atoms with Crippen LogP contribution in [0.5, 0.6) is 0 Å². The van der Waals surface area contributed by atoms with Crippen molar-refractivity contribution >= 4 is 29.4 Å². The van der Waals surface area contributed by atoms with Gasteiger partial charge in [-0.1, -0.05) is 0 Å². The quantitative estimate of drug-likeness (QED) is 0.780. The lowest BCUT2D eigenvalue weighted by Gasteiger charge is -2.12. The first-order chi connectivity index (χ1) is 6.54. The van der Waals surface area contributed by atoms with Crippen molar-refractivity contribution in [2.45, 2.75) is 6.92 Å². The molecule has 0 saturated heterocycles. The van der Waals surface area contributed by atoms with Gasteiger partial charge in [0.25, 0.3) is 0 Å². The van der Waals surface area contributed by atoms with Crippen molar-refractivity contribution in [1.29, 1.82) is 0 Å². The van der Waals surface area contributed by atoms with Gasteiger partial charge in [0.2, 0.25) is 23.1 Å². The Morgan fingerprint density at radius 2 is 2.07 bits per heavy atom. The Morgan fingerprint density at radius 1 is 1.43 bits per heavy atom. The molecule has 7 heteroatoms. The van der Waals surface area contributed by atoms with E-state index >= 15 is 0 Å². The highest BCUT2D eigenvalue weighted by Gasteiger charge is 2.11.